The third-order valence-electron chi connectivity index (χ3n) is 12.9. The summed E-state index contributed by atoms with van der Waals surface area (Å²) >= 11 is 0. The van der Waals surface area contributed by atoms with Crippen LogP contribution >= 0.6 is 0 Å². The molecule has 0 aromatic heterocycles. The number of hydrogen-bond acceptors (Lipinski definition) is 2. The molecule has 5 saturated carbocycles. The first-order chi connectivity index (χ1) is 15.9. The highest BCUT2D eigenvalue weighted by atomic mass is 15.1. The zero-order chi connectivity index (χ0) is 23.2. The summed E-state index contributed by atoms with van der Waals surface area (Å²) in [7, 11) is 2.14. The molecule has 0 amide bonds. The molecule has 0 spiro atoms. The lowest BCUT2D eigenvalue weighted by Gasteiger charge is -2.63. The van der Waals surface area contributed by atoms with Gasteiger partial charge in [0.25, 0.3) is 0 Å². The lowest BCUT2D eigenvalue weighted by atomic mass is 9.42. The van der Waals surface area contributed by atoms with E-state index in [-0.39, 0.29) is 0 Å². The summed E-state index contributed by atoms with van der Waals surface area (Å²) in [6, 6.07) is 0. The van der Waals surface area contributed by atoms with Crippen molar-refractivity contribution in [1.82, 2.24) is 10.6 Å². The largest absolute Gasteiger partial charge is 0.305 e. The highest BCUT2D eigenvalue weighted by Crippen LogP contribution is 2.69. The maximum atomic E-state index is 3.89. The van der Waals surface area contributed by atoms with Gasteiger partial charge in [-0.2, -0.15) is 0 Å². The Labute approximate surface area is 206 Å². The minimum absolute atomic E-state index is 0.547. The minimum atomic E-state index is 0.547. The summed E-state index contributed by atoms with van der Waals surface area (Å²) in [6.45, 7) is 11.8. The van der Waals surface area contributed by atoms with Crippen LogP contribution in [0.3, 0.4) is 0 Å². The van der Waals surface area contributed by atoms with Gasteiger partial charge in [0.1, 0.15) is 0 Å². The van der Waals surface area contributed by atoms with Crippen LogP contribution in [-0.4, -0.2) is 19.8 Å². The second kappa shape index (κ2) is 9.76. The number of nitrogens with one attached hydrogen (secondary N) is 2. The van der Waals surface area contributed by atoms with Crippen LogP contribution in [0.25, 0.3) is 0 Å². The average molecular weight is 457 g/mol. The molecule has 0 heterocycles. The van der Waals surface area contributed by atoms with E-state index in [2.05, 4.69) is 45.4 Å². The first-order valence-corrected chi connectivity index (χ1v) is 15.3. The first kappa shape index (κ1) is 24.6. The van der Waals surface area contributed by atoms with E-state index in [9.17, 15) is 0 Å². The Bertz CT molecular complexity index is 657. The minimum Gasteiger partial charge on any atom is -0.305 e. The van der Waals surface area contributed by atoms with E-state index in [1.54, 1.807) is 25.7 Å². The third-order valence-corrected chi connectivity index (χ3v) is 12.9. The summed E-state index contributed by atoms with van der Waals surface area (Å²) in [5, 5.41) is 7.45. The quantitative estimate of drug-likeness (QED) is 0.367. The van der Waals surface area contributed by atoms with Gasteiger partial charge in [-0.3, -0.25) is 0 Å². The number of hydrogen-bond donors (Lipinski definition) is 2. The molecule has 6 unspecified atom stereocenters. The van der Waals surface area contributed by atoms with Gasteiger partial charge in [-0.05, 0) is 136 Å². The molecule has 0 aromatic rings. The van der Waals surface area contributed by atoms with Crippen molar-refractivity contribution in [2.45, 2.75) is 124 Å². The summed E-state index contributed by atoms with van der Waals surface area (Å²) in [4.78, 5) is 0. The average Bonchev–Trinajstić information content (AvgIpc) is 3.13. The molecule has 5 aliphatic rings. The SMILES string of the molecule is CC[C@H]1CC2C(CC[C@@]3(C)C2CC[C@@H]3C(C)CCNC(NC)C2CCC2)[C@@]2(C)CCCCC12. The molecule has 5 fully saturated rings. The van der Waals surface area contributed by atoms with Gasteiger partial charge < -0.3 is 10.6 Å². The van der Waals surface area contributed by atoms with Crippen molar-refractivity contribution in [1.29, 1.82) is 0 Å². The predicted octanol–water partition coefficient (Wildman–Crippen LogP) is 7.63. The summed E-state index contributed by atoms with van der Waals surface area (Å²) in [6.07, 6.45) is 21.4. The van der Waals surface area contributed by atoms with Crippen LogP contribution in [0.1, 0.15) is 118 Å². The van der Waals surface area contributed by atoms with E-state index in [0.717, 1.165) is 47.3 Å². The lowest BCUT2D eigenvalue weighted by molar-refractivity contribution is -0.138. The van der Waals surface area contributed by atoms with Crippen LogP contribution in [-0.2, 0) is 0 Å². The van der Waals surface area contributed by atoms with Crippen LogP contribution in [0.5, 0.6) is 0 Å². The van der Waals surface area contributed by atoms with Crippen molar-refractivity contribution in [3.05, 3.63) is 0 Å². The molecule has 0 radical (unpaired) electrons. The van der Waals surface area contributed by atoms with Crippen molar-refractivity contribution in [2.24, 2.45) is 58.2 Å². The Balaban J connectivity index is 1.24. The molecular weight excluding hydrogens is 400 g/mol. The van der Waals surface area contributed by atoms with E-state index in [1.807, 2.05) is 0 Å². The number of rotatable bonds is 8. The van der Waals surface area contributed by atoms with E-state index >= 15 is 0 Å². The first-order valence-electron chi connectivity index (χ1n) is 15.3. The standard InChI is InChI=1S/C31H56N2/c1-6-22-20-24-27-14-13-25(21(2)16-19-33-29(32-5)23-10-9-11-23)31(27,4)18-15-28(24)30(3)17-8-7-12-26(22)30/h21-29,32-33H,6-20H2,1-5H3/t21?,22-,24?,25+,26?,27?,28?,29?,30-,31+/m0/s1. The van der Waals surface area contributed by atoms with E-state index < -0.39 is 0 Å². The molecule has 190 valence electrons. The molecule has 0 bridgehead atoms. The van der Waals surface area contributed by atoms with Crippen molar-refractivity contribution in [3.8, 4) is 0 Å². The molecular formula is C31H56N2. The molecule has 2 N–H and O–H groups in total. The molecule has 5 aliphatic carbocycles. The second-order valence-electron chi connectivity index (χ2n) is 14.0. The summed E-state index contributed by atoms with van der Waals surface area (Å²) in [5.74, 6) is 7.85. The molecule has 5 rings (SSSR count). The fraction of sp³-hybridized carbons (Fsp3) is 1.00. The van der Waals surface area contributed by atoms with E-state index in [4.69, 9.17) is 0 Å². The van der Waals surface area contributed by atoms with Gasteiger partial charge in [-0.1, -0.05) is 53.4 Å². The normalized spacial score (nSPS) is 47.2. The molecule has 33 heavy (non-hydrogen) atoms. The van der Waals surface area contributed by atoms with Crippen LogP contribution in [0, 0.1) is 58.2 Å². The third kappa shape index (κ3) is 4.16. The van der Waals surface area contributed by atoms with Crippen LogP contribution in [0.15, 0.2) is 0 Å². The van der Waals surface area contributed by atoms with Crippen molar-refractivity contribution in [2.75, 3.05) is 13.6 Å². The fourth-order valence-electron chi connectivity index (χ4n) is 10.9. The van der Waals surface area contributed by atoms with E-state index in [1.165, 1.54) is 70.8 Å². The fourth-order valence-corrected chi connectivity index (χ4v) is 10.9. The molecule has 10 atom stereocenters. The van der Waals surface area contributed by atoms with Gasteiger partial charge in [0.05, 0.1) is 6.17 Å². The second-order valence-corrected chi connectivity index (χ2v) is 14.0. The molecule has 0 saturated heterocycles. The van der Waals surface area contributed by atoms with Gasteiger partial charge in [0.15, 0.2) is 0 Å². The molecule has 0 aromatic carbocycles. The van der Waals surface area contributed by atoms with Crippen molar-refractivity contribution >= 4 is 0 Å². The van der Waals surface area contributed by atoms with Crippen LogP contribution in [0.2, 0.25) is 0 Å². The van der Waals surface area contributed by atoms with Gasteiger partial charge in [0.2, 0.25) is 0 Å². The highest BCUT2D eigenvalue weighted by molar-refractivity contribution is 5.10. The predicted molar refractivity (Wildman–Crippen MR) is 141 cm³/mol. The molecule has 2 nitrogen and oxygen atoms in total. The Morgan fingerprint density at radius 2 is 1.64 bits per heavy atom. The smallest absolute Gasteiger partial charge is 0.0598 e. The highest BCUT2D eigenvalue weighted by Gasteiger charge is 2.61. The topological polar surface area (TPSA) is 24.1 Å². The van der Waals surface area contributed by atoms with E-state index in [0.29, 0.717) is 17.0 Å². The zero-order valence-corrected chi connectivity index (χ0v) is 22.8. The van der Waals surface area contributed by atoms with Crippen LogP contribution < -0.4 is 10.6 Å². The van der Waals surface area contributed by atoms with Crippen molar-refractivity contribution in [3.63, 3.8) is 0 Å². The Hall–Kier alpha value is -0.0800. The monoisotopic (exact) mass is 456 g/mol. The van der Waals surface area contributed by atoms with Gasteiger partial charge in [-0.25, -0.2) is 0 Å². The Morgan fingerprint density at radius 1 is 0.848 bits per heavy atom. The number of fused-ring (bicyclic) bond motifs is 5. The Kier molecular flexibility index (Phi) is 7.28. The maximum Gasteiger partial charge on any atom is 0.0598 e. The summed E-state index contributed by atoms with van der Waals surface area (Å²) < 4.78 is 0. The lowest BCUT2D eigenvalue weighted by Crippen LogP contribution is -2.55. The molecule has 2 heteroatoms. The Morgan fingerprint density at radius 3 is 2.33 bits per heavy atom. The maximum absolute atomic E-state index is 3.89. The van der Waals surface area contributed by atoms with Gasteiger partial charge in [-0.15, -0.1) is 0 Å². The molecule has 0 aliphatic heterocycles. The summed E-state index contributed by atoms with van der Waals surface area (Å²) in [5.41, 5.74) is 1.29. The zero-order valence-electron chi connectivity index (χ0n) is 22.8. The van der Waals surface area contributed by atoms with Crippen molar-refractivity contribution < 1.29 is 0 Å². The van der Waals surface area contributed by atoms with Gasteiger partial charge >= 0.3 is 0 Å². The van der Waals surface area contributed by atoms with Gasteiger partial charge in [0, 0.05) is 0 Å². The van der Waals surface area contributed by atoms with Crippen LogP contribution in [0.4, 0.5) is 0 Å².